The Morgan fingerprint density at radius 3 is 2.50 bits per heavy atom. The lowest BCUT2D eigenvalue weighted by molar-refractivity contribution is 0.140. The van der Waals surface area contributed by atoms with Crippen LogP contribution in [-0.2, 0) is 6.54 Å². The van der Waals surface area contributed by atoms with E-state index in [4.69, 9.17) is 0 Å². The number of halogens is 1. The van der Waals surface area contributed by atoms with Crippen LogP contribution >= 0.6 is 22.6 Å². The first kappa shape index (κ1) is 14.1. The van der Waals surface area contributed by atoms with Crippen LogP contribution in [0.1, 0.15) is 36.4 Å². The lowest BCUT2D eigenvalue weighted by Crippen LogP contribution is -2.33. The molecular formula is C18H20IN. The number of piperidine rings is 1. The summed E-state index contributed by atoms with van der Waals surface area (Å²) in [5.41, 5.74) is 2.93. The molecule has 2 heteroatoms. The van der Waals surface area contributed by atoms with E-state index in [1.807, 2.05) is 0 Å². The molecule has 3 rings (SSSR count). The molecule has 0 saturated carbocycles. The summed E-state index contributed by atoms with van der Waals surface area (Å²) in [7, 11) is 0. The molecule has 1 aliphatic rings. The molecule has 1 unspecified atom stereocenters. The van der Waals surface area contributed by atoms with Crippen molar-refractivity contribution in [3.63, 3.8) is 0 Å². The summed E-state index contributed by atoms with van der Waals surface area (Å²) in [6, 6.07) is 20.3. The van der Waals surface area contributed by atoms with Crippen molar-refractivity contribution in [2.75, 3.05) is 6.54 Å². The molecule has 1 saturated heterocycles. The number of likely N-dealkylation sites (tertiary alicyclic amines) is 1. The Hall–Kier alpha value is -0.870. The van der Waals surface area contributed by atoms with Gasteiger partial charge in [0, 0.05) is 16.2 Å². The highest BCUT2D eigenvalue weighted by Gasteiger charge is 2.24. The molecule has 0 aromatic heterocycles. The maximum Gasteiger partial charge on any atom is 0.0351 e. The van der Waals surface area contributed by atoms with E-state index < -0.39 is 0 Å². The standard InChI is InChI=1S/C18H20IN/c19-17-11-5-4-10-16(17)14-20-13-7-6-12-18(20)15-8-2-1-3-9-15/h1-5,8-11,18H,6-7,12-14H2. The van der Waals surface area contributed by atoms with Gasteiger partial charge in [0.05, 0.1) is 0 Å². The van der Waals surface area contributed by atoms with E-state index in [2.05, 4.69) is 82.1 Å². The first-order valence-corrected chi connectivity index (χ1v) is 8.45. The molecule has 0 radical (unpaired) electrons. The van der Waals surface area contributed by atoms with Gasteiger partial charge in [-0.2, -0.15) is 0 Å². The highest BCUT2D eigenvalue weighted by atomic mass is 127. The number of nitrogens with zero attached hydrogens (tertiary/aromatic N) is 1. The lowest BCUT2D eigenvalue weighted by atomic mass is 9.95. The Morgan fingerprint density at radius 1 is 0.950 bits per heavy atom. The zero-order chi connectivity index (χ0) is 13.8. The quantitative estimate of drug-likeness (QED) is 0.679. The highest BCUT2D eigenvalue weighted by Crippen LogP contribution is 2.32. The third-order valence-corrected chi connectivity index (χ3v) is 5.18. The Labute approximate surface area is 135 Å². The zero-order valence-corrected chi connectivity index (χ0v) is 13.8. The molecule has 0 bridgehead atoms. The molecule has 1 fully saturated rings. The SMILES string of the molecule is Ic1ccccc1CN1CCCCC1c1ccccc1. The van der Waals surface area contributed by atoms with Crippen LogP contribution < -0.4 is 0 Å². The van der Waals surface area contributed by atoms with Crippen molar-refractivity contribution in [1.29, 1.82) is 0 Å². The first-order valence-electron chi connectivity index (χ1n) is 7.37. The van der Waals surface area contributed by atoms with Crippen LogP contribution in [0.2, 0.25) is 0 Å². The molecule has 1 nitrogen and oxygen atoms in total. The van der Waals surface area contributed by atoms with Crippen molar-refractivity contribution in [2.45, 2.75) is 31.8 Å². The fourth-order valence-corrected chi connectivity index (χ4v) is 3.64. The summed E-state index contributed by atoms with van der Waals surface area (Å²) in [6.07, 6.45) is 3.96. The summed E-state index contributed by atoms with van der Waals surface area (Å²) in [5, 5.41) is 0. The minimum Gasteiger partial charge on any atom is -0.292 e. The van der Waals surface area contributed by atoms with E-state index in [-0.39, 0.29) is 0 Å². The van der Waals surface area contributed by atoms with E-state index in [1.165, 1.54) is 40.5 Å². The van der Waals surface area contributed by atoms with Gasteiger partial charge in [-0.3, -0.25) is 4.90 Å². The molecule has 1 aliphatic heterocycles. The van der Waals surface area contributed by atoms with Crippen LogP contribution in [-0.4, -0.2) is 11.4 Å². The largest absolute Gasteiger partial charge is 0.292 e. The zero-order valence-electron chi connectivity index (χ0n) is 11.6. The van der Waals surface area contributed by atoms with Crippen LogP contribution in [0.4, 0.5) is 0 Å². The van der Waals surface area contributed by atoms with Gasteiger partial charge in [0.2, 0.25) is 0 Å². The van der Waals surface area contributed by atoms with Crippen molar-refractivity contribution in [3.8, 4) is 0 Å². The van der Waals surface area contributed by atoms with Gasteiger partial charge in [-0.1, -0.05) is 55.0 Å². The Kier molecular flexibility index (Phi) is 4.73. The average molecular weight is 377 g/mol. The Bertz CT molecular complexity index is 552. The maximum atomic E-state index is 2.65. The first-order chi connectivity index (χ1) is 9.84. The molecule has 20 heavy (non-hydrogen) atoms. The molecule has 0 spiro atoms. The molecule has 0 aliphatic carbocycles. The van der Waals surface area contributed by atoms with Crippen molar-refractivity contribution in [2.24, 2.45) is 0 Å². The fraction of sp³-hybridized carbons (Fsp3) is 0.333. The summed E-state index contributed by atoms with van der Waals surface area (Å²) >= 11 is 2.45. The third-order valence-electron chi connectivity index (χ3n) is 4.13. The van der Waals surface area contributed by atoms with Gasteiger partial charge in [-0.25, -0.2) is 0 Å². The molecule has 2 aromatic carbocycles. The van der Waals surface area contributed by atoms with Crippen LogP contribution in [0, 0.1) is 3.57 Å². The summed E-state index contributed by atoms with van der Waals surface area (Å²) < 4.78 is 1.38. The summed E-state index contributed by atoms with van der Waals surface area (Å²) in [4.78, 5) is 2.65. The van der Waals surface area contributed by atoms with Crippen LogP contribution in [0.15, 0.2) is 54.6 Å². The fourth-order valence-electron chi connectivity index (χ4n) is 3.08. The molecule has 0 amide bonds. The van der Waals surface area contributed by atoms with Gasteiger partial charge in [0.1, 0.15) is 0 Å². The van der Waals surface area contributed by atoms with E-state index in [0.29, 0.717) is 6.04 Å². The minimum absolute atomic E-state index is 0.584. The number of benzene rings is 2. The molecular weight excluding hydrogens is 357 g/mol. The smallest absolute Gasteiger partial charge is 0.0351 e. The second-order valence-corrected chi connectivity index (χ2v) is 6.65. The minimum atomic E-state index is 0.584. The summed E-state index contributed by atoms with van der Waals surface area (Å²) in [5.74, 6) is 0. The van der Waals surface area contributed by atoms with Crippen molar-refractivity contribution in [3.05, 3.63) is 69.3 Å². The predicted octanol–water partition coefficient (Wildman–Crippen LogP) is 5.02. The monoisotopic (exact) mass is 377 g/mol. The second kappa shape index (κ2) is 6.72. The summed E-state index contributed by atoms with van der Waals surface area (Å²) in [6.45, 7) is 2.28. The topological polar surface area (TPSA) is 3.24 Å². The van der Waals surface area contributed by atoms with Crippen LogP contribution in [0.5, 0.6) is 0 Å². The molecule has 1 atom stereocenters. The third kappa shape index (κ3) is 3.23. The van der Waals surface area contributed by atoms with Crippen molar-refractivity contribution < 1.29 is 0 Å². The second-order valence-electron chi connectivity index (χ2n) is 5.48. The Morgan fingerprint density at radius 2 is 1.70 bits per heavy atom. The maximum absolute atomic E-state index is 2.65. The predicted molar refractivity (Wildman–Crippen MR) is 92.6 cm³/mol. The van der Waals surface area contributed by atoms with Crippen LogP contribution in [0.25, 0.3) is 0 Å². The van der Waals surface area contributed by atoms with Gasteiger partial charge in [0.15, 0.2) is 0 Å². The Balaban J connectivity index is 1.81. The highest BCUT2D eigenvalue weighted by molar-refractivity contribution is 14.1. The average Bonchev–Trinajstić information content (AvgIpc) is 2.51. The number of rotatable bonds is 3. The van der Waals surface area contributed by atoms with E-state index in [9.17, 15) is 0 Å². The van der Waals surface area contributed by atoms with Crippen molar-refractivity contribution >= 4 is 22.6 Å². The molecule has 2 aromatic rings. The van der Waals surface area contributed by atoms with Gasteiger partial charge in [-0.15, -0.1) is 0 Å². The normalized spacial score (nSPS) is 19.9. The van der Waals surface area contributed by atoms with Gasteiger partial charge in [-0.05, 0) is 59.2 Å². The van der Waals surface area contributed by atoms with E-state index in [0.717, 1.165) is 6.54 Å². The number of hydrogen-bond acceptors (Lipinski definition) is 1. The van der Waals surface area contributed by atoms with Crippen molar-refractivity contribution in [1.82, 2.24) is 4.90 Å². The van der Waals surface area contributed by atoms with Crippen LogP contribution in [0.3, 0.4) is 0 Å². The van der Waals surface area contributed by atoms with E-state index >= 15 is 0 Å². The van der Waals surface area contributed by atoms with Gasteiger partial charge >= 0.3 is 0 Å². The molecule has 0 N–H and O–H groups in total. The van der Waals surface area contributed by atoms with E-state index in [1.54, 1.807) is 0 Å². The van der Waals surface area contributed by atoms with Gasteiger partial charge < -0.3 is 0 Å². The number of hydrogen-bond donors (Lipinski definition) is 0. The molecule has 1 heterocycles. The van der Waals surface area contributed by atoms with Gasteiger partial charge in [0.25, 0.3) is 0 Å². The molecule has 104 valence electrons. The lowest BCUT2D eigenvalue weighted by Gasteiger charge is -2.36.